The van der Waals surface area contributed by atoms with Gasteiger partial charge < -0.3 is 20.1 Å². The van der Waals surface area contributed by atoms with Gasteiger partial charge in [-0.25, -0.2) is 0 Å². The molecule has 0 aromatic carbocycles. The third kappa shape index (κ3) is 4.49. The second-order valence-electron chi connectivity index (χ2n) is 5.92. The molecular formula is C14H24N2O3. The van der Waals surface area contributed by atoms with Crippen LogP contribution in [0.15, 0.2) is 0 Å². The van der Waals surface area contributed by atoms with Gasteiger partial charge in [-0.2, -0.15) is 0 Å². The van der Waals surface area contributed by atoms with E-state index in [9.17, 15) is 14.7 Å². The van der Waals surface area contributed by atoms with E-state index in [4.69, 9.17) is 0 Å². The van der Waals surface area contributed by atoms with E-state index in [-0.39, 0.29) is 11.8 Å². The Morgan fingerprint density at radius 1 is 1.05 bits per heavy atom. The lowest BCUT2D eigenvalue weighted by atomic mass is 9.95. The number of piperidine rings is 1. The number of carboxylic acid groups (broad SMARTS) is 1. The number of likely N-dealkylation sites (tertiary alicyclic amines) is 1. The van der Waals surface area contributed by atoms with E-state index in [1.54, 1.807) is 0 Å². The molecule has 0 bridgehead atoms. The first-order valence-corrected chi connectivity index (χ1v) is 7.49. The normalized spacial score (nSPS) is 28.8. The third-order valence-corrected chi connectivity index (χ3v) is 4.41. The van der Waals surface area contributed by atoms with Crippen LogP contribution in [0.4, 0.5) is 0 Å². The number of hydrogen-bond acceptors (Lipinski definition) is 3. The van der Waals surface area contributed by atoms with E-state index < -0.39 is 5.97 Å². The van der Waals surface area contributed by atoms with Gasteiger partial charge in [0, 0.05) is 30.8 Å². The van der Waals surface area contributed by atoms with Crippen LogP contribution in [0.25, 0.3) is 0 Å². The van der Waals surface area contributed by atoms with E-state index in [0.29, 0.717) is 25.4 Å². The van der Waals surface area contributed by atoms with E-state index in [2.05, 4.69) is 5.32 Å². The fourth-order valence-corrected chi connectivity index (χ4v) is 3.19. The molecule has 108 valence electrons. The molecule has 1 aliphatic carbocycles. The van der Waals surface area contributed by atoms with Crippen molar-refractivity contribution in [3.63, 3.8) is 0 Å². The van der Waals surface area contributed by atoms with Gasteiger partial charge in [0.05, 0.1) is 13.1 Å². The van der Waals surface area contributed by atoms with Gasteiger partial charge in [0.1, 0.15) is 0 Å². The monoisotopic (exact) mass is 268 g/mol. The molecule has 0 aromatic heterocycles. The molecule has 5 heteroatoms. The van der Waals surface area contributed by atoms with E-state index in [0.717, 1.165) is 25.9 Å². The predicted octanol–water partition coefficient (Wildman–Crippen LogP) is -1.52. The number of carbonyl (C=O) groups is 2. The first kappa shape index (κ1) is 14.3. The largest absolute Gasteiger partial charge is 0.550 e. The van der Waals surface area contributed by atoms with Gasteiger partial charge in [-0.05, 0) is 12.8 Å². The van der Waals surface area contributed by atoms with Crippen LogP contribution in [-0.2, 0) is 9.59 Å². The summed E-state index contributed by atoms with van der Waals surface area (Å²) < 4.78 is 0. The Bertz CT molecular complexity index is 319. The number of hydrogen-bond donors (Lipinski definition) is 2. The first-order chi connectivity index (χ1) is 9.15. The summed E-state index contributed by atoms with van der Waals surface area (Å²) in [6, 6.07) is 0.362. The van der Waals surface area contributed by atoms with Gasteiger partial charge in [-0.15, -0.1) is 0 Å². The van der Waals surface area contributed by atoms with E-state index in [1.165, 1.54) is 24.2 Å². The predicted molar refractivity (Wildman–Crippen MR) is 68.3 cm³/mol. The summed E-state index contributed by atoms with van der Waals surface area (Å²) in [6.45, 7) is 2.00. The molecule has 0 aromatic rings. The van der Waals surface area contributed by atoms with Gasteiger partial charge >= 0.3 is 0 Å². The number of aliphatic carboxylic acids is 1. The highest BCUT2D eigenvalue weighted by molar-refractivity contribution is 5.77. The van der Waals surface area contributed by atoms with Crippen molar-refractivity contribution in [3.8, 4) is 0 Å². The lowest BCUT2D eigenvalue weighted by Crippen LogP contribution is -3.14. The molecule has 0 atom stereocenters. The highest BCUT2D eigenvalue weighted by atomic mass is 16.4. The minimum Gasteiger partial charge on any atom is -0.550 e. The Morgan fingerprint density at radius 3 is 2.26 bits per heavy atom. The van der Waals surface area contributed by atoms with Gasteiger partial charge in [0.2, 0.25) is 0 Å². The average Bonchev–Trinajstić information content (AvgIpc) is 2.40. The molecule has 2 rings (SSSR count). The Hall–Kier alpha value is -1.10. The molecular weight excluding hydrogens is 244 g/mol. The average molecular weight is 268 g/mol. The van der Waals surface area contributed by atoms with E-state index >= 15 is 0 Å². The van der Waals surface area contributed by atoms with Gasteiger partial charge in [-0.1, -0.05) is 19.3 Å². The van der Waals surface area contributed by atoms with Crippen LogP contribution < -0.4 is 15.3 Å². The highest BCUT2D eigenvalue weighted by Gasteiger charge is 2.25. The summed E-state index contributed by atoms with van der Waals surface area (Å²) in [6.07, 6.45) is 7.20. The lowest BCUT2D eigenvalue weighted by Gasteiger charge is -2.30. The fraction of sp³-hybridized carbons (Fsp3) is 0.857. The molecule has 2 N–H and O–H groups in total. The van der Waals surface area contributed by atoms with Gasteiger partial charge in [0.15, 0.2) is 6.54 Å². The topological polar surface area (TPSA) is 73.7 Å². The molecule has 19 heavy (non-hydrogen) atoms. The van der Waals surface area contributed by atoms with Crippen molar-refractivity contribution in [2.24, 2.45) is 5.92 Å². The smallest absolute Gasteiger partial charge is 0.275 e. The Labute approximate surface area is 114 Å². The molecule has 1 amide bonds. The zero-order valence-electron chi connectivity index (χ0n) is 11.5. The Kier molecular flexibility index (Phi) is 5.19. The van der Waals surface area contributed by atoms with Crippen LogP contribution in [0.1, 0.15) is 44.9 Å². The molecule has 1 heterocycles. The maximum atomic E-state index is 11.9. The molecule has 0 unspecified atom stereocenters. The Balaban J connectivity index is 1.67. The number of carbonyl (C=O) groups excluding carboxylic acids is 2. The van der Waals surface area contributed by atoms with Crippen LogP contribution in [-0.4, -0.2) is 37.6 Å². The summed E-state index contributed by atoms with van der Waals surface area (Å²) in [5, 5.41) is 13.9. The van der Waals surface area contributed by atoms with Crippen LogP contribution in [0.5, 0.6) is 0 Å². The van der Waals surface area contributed by atoms with Crippen molar-refractivity contribution in [1.82, 2.24) is 5.32 Å². The molecule has 0 spiro atoms. The zero-order valence-corrected chi connectivity index (χ0v) is 11.5. The summed E-state index contributed by atoms with van der Waals surface area (Å²) in [5.41, 5.74) is 0. The number of carboxylic acids is 1. The van der Waals surface area contributed by atoms with Crippen LogP contribution >= 0.6 is 0 Å². The van der Waals surface area contributed by atoms with Crippen molar-refractivity contribution >= 4 is 11.9 Å². The Morgan fingerprint density at radius 2 is 1.68 bits per heavy atom. The van der Waals surface area contributed by atoms with Crippen molar-refractivity contribution in [3.05, 3.63) is 0 Å². The molecule has 1 aliphatic heterocycles. The van der Waals surface area contributed by atoms with Crippen molar-refractivity contribution in [2.45, 2.75) is 51.0 Å². The highest BCUT2D eigenvalue weighted by Crippen LogP contribution is 2.17. The zero-order chi connectivity index (χ0) is 13.7. The quantitative estimate of drug-likeness (QED) is 0.650. The first-order valence-electron chi connectivity index (χ1n) is 7.49. The van der Waals surface area contributed by atoms with Crippen LogP contribution in [0.2, 0.25) is 0 Å². The van der Waals surface area contributed by atoms with Crippen molar-refractivity contribution in [2.75, 3.05) is 19.6 Å². The molecule has 2 fully saturated rings. The van der Waals surface area contributed by atoms with Crippen molar-refractivity contribution in [1.29, 1.82) is 0 Å². The molecule has 5 nitrogen and oxygen atoms in total. The number of quaternary nitrogens is 1. The summed E-state index contributed by atoms with van der Waals surface area (Å²) >= 11 is 0. The molecule has 2 aliphatic rings. The SMILES string of the molecule is O=C(C[NH+]1CCC(C(=O)[O-])CC1)NC1CCCCC1. The van der Waals surface area contributed by atoms with Gasteiger partial charge in [-0.3, -0.25) is 4.79 Å². The van der Waals surface area contributed by atoms with E-state index in [1.807, 2.05) is 0 Å². The summed E-state index contributed by atoms with van der Waals surface area (Å²) in [7, 11) is 0. The number of nitrogens with one attached hydrogen (secondary N) is 2. The van der Waals surface area contributed by atoms with Crippen LogP contribution in [0, 0.1) is 5.92 Å². The maximum Gasteiger partial charge on any atom is 0.275 e. The van der Waals surface area contributed by atoms with Crippen molar-refractivity contribution < 1.29 is 19.6 Å². The van der Waals surface area contributed by atoms with Crippen LogP contribution in [0.3, 0.4) is 0 Å². The third-order valence-electron chi connectivity index (χ3n) is 4.41. The molecule has 0 radical (unpaired) electrons. The van der Waals surface area contributed by atoms with Gasteiger partial charge in [0.25, 0.3) is 5.91 Å². The maximum absolute atomic E-state index is 11.9. The second-order valence-corrected chi connectivity index (χ2v) is 5.92. The molecule has 1 saturated carbocycles. The molecule has 1 saturated heterocycles. The number of rotatable bonds is 4. The standard InChI is InChI=1S/C14H24N2O3/c17-13(15-12-4-2-1-3-5-12)10-16-8-6-11(7-9-16)14(18)19/h11-12H,1-10H2,(H,15,17)(H,18,19). The summed E-state index contributed by atoms with van der Waals surface area (Å²) in [4.78, 5) is 23.9. The summed E-state index contributed by atoms with van der Waals surface area (Å²) in [5.74, 6) is -1.13. The second kappa shape index (κ2) is 6.89. The minimum absolute atomic E-state index is 0.119. The minimum atomic E-state index is -0.939. The lowest BCUT2D eigenvalue weighted by molar-refractivity contribution is -0.898. The fourth-order valence-electron chi connectivity index (χ4n) is 3.19. The number of amides is 1.